The Balaban J connectivity index is 2.35. The van der Waals surface area contributed by atoms with Gasteiger partial charge in [0.05, 0.1) is 11.8 Å². The van der Waals surface area contributed by atoms with Gasteiger partial charge in [0.1, 0.15) is 0 Å². The molecule has 0 aromatic heterocycles. The van der Waals surface area contributed by atoms with E-state index in [9.17, 15) is 0 Å². The number of rotatable bonds is 5. The monoisotopic (exact) mass is 343 g/mol. The van der Waals surface area contributed by atoms with Crippen molar-refractivity contribution < 1.29 is 0 Å². The second-order valence-electron chi connectivity index (χ2n) is 5.47. The standard InChI is InChI=1S/C17H20Cl3N/c1-2-12-17(19,20)16(13-8-10-14(18)11-9-13)21-15-6-4-3-5-7-15/h2,8-11,15H,1,3-7,12H2. The summed E-state index contributed by atoms with van der Waals surface area (Å²) in [6, 6.07) is 7.83. The predicted octanol–water partition coefficient (Wildman–Crippen LogP) is 6.21. The third-order valence-corrected chi connectivity index (χ3v) is 4.67. The van der Waals surface area contributed by atoms with Crippen molar-refractivity contribution in [2.24, 2.45) is 4.99 Å². The summed E-state index contributed by atoms with van der Waals surface area (Å²) in [5.74, 6) is 0. The lowest BCUT2D eigenvalue weighted by atomic mass is 9.95. The quantitative estimate of drug-likeness (QED) is 0.342. The van der Waals surface area contributed by atoms with Crippen LogP contribution >= 0.6 is 34.8 Å². The van der Waals surface area contributed by atoms with Crippen LogP contribution in [0.25, 0.3) is 0 Å². The van der Waals surface area contributed by atoms with Crippen LogP contribution in [0.1, 0.15) is 44.1 Å². The third-order valence-electron chi connectivity index (χ3n) is 3.75. The normalized spacial score (nSPS) is 17.8. The van der Waals surface area contributed by atoms with Gasteiger partial charge in [-0.05, 0) is 30.5 Å². The van der Waals surface area contributed by atoms with Gasteiger partial charge in [0.15, 0.2) is 4.33 Å². The average molecular weight is 345 g/mol. The molecule has 0 N–H and O–H groups in total. The molecule has 0 bridgehead atoms. The van der Waals surface area contributed by atoms with Gasteiger partial charge in [-0.2, -0.15) is 0 Å². The van der Waals surface area contributed by atoms with Crippen molar-refractivity contribution in [3.05, 3.63) is 47.5 Å². The van der Waals surface area contributed by atoms with E-state index in [0.717, 1.165) is 24.1 Å². The first-order valence-electron chi connectivity index (χ1n) is 7.36. The number of hydrogen-bond acceptors (Lipinski definition) is 1. The summed E-state index contributed by atoms with van der Waals surface area (Å²) in [6.07, 6.45) is 8.14. The average Bonchev–Trinajstić information content (AvgIpc) is 2.47. The summed E-state index contributed by atoms with van der Waals surface area (Å²) in [5.41, 5.74) is 1.66. The molecule has 0 aliphatic heterocycles. The van der Waals surface area contributed by atoms with E-state index < -0.39 is 4.33 Å². The van der Waals surface area contributed by atoms with Gasteiger partial charge in [-0.25, -0.2) is 0 Å². The summed E-state index contributed by atoms with van der Waals surface area (Å²) in [7, 11) is 0. The molecule has 1 aromatic rings. The Labute approximate surface area is 142 Å². The van der Waals surface area contributed by atoms with E-state index in [2.05, 4.69) is 6.58 Å². The maximum absolute atomic E-state index is 6.53. The Morgan fingerprint density at radius 1 is 1.19 bits per heavy atom. The van der Waals surface area contributed by atoms with Crippen LogP contribution < -0.4 is 0 Å². The molecule has 1 aliphatic carbocycles. The molecule has 1 fully saturated rings. The van der Waals surface area contributed by atoms with Crippen molar-refractivity contribution >= 4 is 40.5 Å². The summed E-state index contributed by atoms with van der Waals surface area (Å²) >= 11 is 19.0. The molecule has 0 amide bonds. The van der Waals surface area contributed by atoms with E-state index in [0.29, 0.717) is 17.5 Å². The number of allylic oxidation sites excluding steroid dienone is 1. The van der Waals surface area contributed by atoms with Crippen LogP contribution in [-0.4, -0.2) is 16.1 Å². The lowest BCUT2D eigenvalue weighted by Gasteiger charge is -2.25. The van der Waals surface area contributed by atoms with Crippen molar-refractivity contribution in [2.75, 3.05) is 0 Å². The Kier molecular flexibility index (Phi) is 6.16. The molecule has 0 atom stereocenters. The van der Waals surface area contributed by atoms with Gasteiger partial charge in [0.2, 0.25) is 0 Å². The summed E-state index contributed by atoms with van der Waals surface area (Å²) in [5, 5.41) is 0.689. The molecule has 0 saturated heterocycles. The second kappa shape index (κ2) is 7.67. The molecule has 0 unspecified atom stereocenters. The molecule has 0 spiro atoms. The van der Waals surface area contributed by atoms with E-state index in [1.807, 2.05) is 24.3 Å². The number of benzene rings is 1. The van der Waals surface area contributed by atoms with Crippen LogP contribution in [0.2, 0.25) is 5.02 Å². The van der Waals surface area contributed by atoms with E-state index in [1.54, 1.807) is 6.08 Å². The molecule has 4 heteroatoms. The molecule has 21 heavy (non-hydrogen) atoms. The van der Waals surface area contributed by atoms with Crippen molar-refractivity contribution in [2.45, 2.75) is 48.9 Å². The summed E-state index contributed by atoms with van der Waals surface area (Å²) < 4.78 is -1.05. The van der Waals surface area contributed by atoms with Gasteiger partial charge in [0, 0.05) is 11.4 Å². The smallest absolute Gasteiger partial charge is 0.163 e. The molecule has 1 aromatic carbocycles. The minimum absolute atomic E-state index is 0.311. The van der Waals surface area contributed by atoms with Gasteiger partial charge in [-0.3, -0.25) is 4.99 Å². The predicted molar refractivity (Wildman–Crippen MR) is 94.1 cm³/mol. The van der Waals surface area contributed by atoms with Crippen LogP contribution in [-0.2, 0) is 0 Å². The molecule has 1 nitrogen and oxygen atoms in total. The molecular weight excluding hydrogens is 325 g/mol. The van der Waals surface area contributed by atoms with Gasteiger partial charge in [0.25, 0.3) is 0 Å². The number of hydrogen-bond donors (Lipinski definition) is 0. The third kappa shape index (κ3) is 4.74. The van der Waals surface area contributed by atoms with Crippen molar-refractivity contribution in [3.8, 4) is 0 Å². The number of nitrogens with zero attached hydrogens (tertiary/aromatic N) is 1. The fourth-order valence-electron chi connectivity index (χ4n) is 2.66. The maximum atomic E-state index is 6.53. The Hall–Kier alpha value is -0.500. The lowest BCUT2D eigenvalue weighted by Crippen LogP contribution is -2.29. The molecule has 0 radical (unpaired) electrons. The minimum atomic E-state index is -1.05. The van der Waals surface area contributed by atoms with Gasteiger partial charge >= 0.3 is 0 Å². The number of halogens is 3. The first kappa shape index (κ1) is 16.9. The molecule has 2 rings (SSSR count). The number of aliphatic imine (C=N–C) groups is 1. The highest BCUT2D eigenvalue weighted by atomic mass is 35.5. The van der Waals surface area contributed by atoms with Crippen LogP contribution in [0.5, 0.6) is 0 Å². The summed E-state index contributed by atoms with van der Waals surface area (Å²) in [6.45, 7) is 3.74. The Bertz CT molecular complexity index is 499. The van der Waals surface area contributed by atoms with Crippen LogP contribution in [0.4, 0.5) is 0 Å². The fourth-order valence-corrected chi connectivity index (χ4v) is 3.32. The fraction of sp³-hybridized carbons (Fsp3) is 0.471. The van der Waals surface area contributed by atoms with E-state index in [-0.39, 0.29) is 0 Å². The van der Waals surface area contributed by atoms with E-state index in [4.69, 9.17) is 39.8 Å². The number of alkyl halides is 2. The van der Waals surface area contributed by atoms with E-state index >= 15 is 0 Å². The first-order chi connectivity index (χ1) is 10.0. The van der Waals surface area contributed by atoms with Crippen molar-refractivity contribution in [1.29, 1.82) is 0 Å². The van der Waals surface area contributed by atoms with Crippen LogP contribution in [0.3, 0.4) is 0 Å². The molecule has 1 saturated carbocycles. The highest BCUT2D eigenvalue weighted by molar-refractivity contribution is 6.60. The molecular formula is C17H20Cl3N. The zero-order valence-corrected chi connectivity index (χ0v) is 14.3. The van der Waals surface area contributed by atoms with E-state index in [1.165, 1.54) is 19.3 Å². The SMILES string of the molecule is C=CCC(Cl)(Cl)C(=NC1CCCCC1)c1ccc(Cl)cc1. The highest BCUT2D eigenvalue weighted by Gasteiger charge is 2.31. The van der Waals surface area contributed by atoms with Gasteiger partial charge in [-0.15, -0.1) is 6.58 Å². The minimum Gasteiger partial charge on any atom is -0.283 e. The van der Waals surface area contributed by atoms with Crippen molar-refractivity contribution in [3.63, 3.8) is 0 Å². The van der Waals surface area contributed by atoms with Crippen LogP contribution in [0.15, 0.2) is 41.9 Å². The summed E-state index contributed by atoms with van der Waals surface area (Å²) in [4.78, 5) is 4.89. The Morgan fingerprint density at radius 3 is 2.38 bits per heavy atom. The van der Waals surface area contributed by atoms with Gasteiger partial charge in [-0.1, -0.05) is 72.3 Å². The largest absolute Gasteiger partial charge is 0.283 e. The molecule has 114 valence electrons. The second-order valence-corrected chi connectivity index (χ2v) is 7.39. The molecule has 1 aliphatic rings. The first-order valence-corrected chi connectivity index (χ1v) is 8.49. The van der Waals surface area contributed by atoms with Crippen molar-refractivity contribution in [1.82, 2.24) is 0 Å². The zero-order valence-electron chi connectivity index (χ0n) is 12.0. The lowest BCUT2D eigenvalue weighted by molar-refractivity contribution is 0.443. The molecule has 0 heterocycles. The topological polar surface area (TPSA) is 12.4 Å². The zero-order chi connectivity index (χ0) is 15.3. The van der Waals surface area contributed by atoms with Gasteiger partial charge < -0.3 is 0 Å². The highest BCUT2D eigenvalue weighted by Crippen LogP contribution is 2.33. The van der Waals surface area contributed by atoms with Crippen LogP contribution in [0, 0.1) is 0 Å². The maximum Gasteiger partial charge on any atom is 0.163 e. The Morgan fingerprint density at radius 2 is 1.81 bits per heavy atom.